The predicted octanol–water partition coefficient (Wildman–Crippen LogP) is 2.05. The minimum atomic E-state index is -0.517. The summed E-state index contributed by atoms with van der Waals surface area (Å²) in [7, 11) is 0. The number of hydrogen-bond acceptors (Lipinski definition) is 5. The Balaban J connectivity index is 1.73. The molecule has 1 aromatic heterocycles. The van der Waals surface area contributed by atoms with Crippen molar-refractivity contribution in [3.63, 3.8) is 0 Å². The topological polar surface area (TPSA) is 97.1 Å². The van der Waals surface area contributed by atoms with Gasteiger partial charge in [0.05, 0.1) is 12.2 Å². The number of cyclic esters (lactones) is 1. The lowest BCUT2D eigenvalue weighted by Crippen LogP contribution is -2.27. The number of aromatic amines is 1. The van der Waals surface area contributed by atoms with Crippen LogP contribution in [0, 0.1) is 5.82 Å². The molecule has 0 spiro atoms. The van der Waals surface area contributed by atoms with Crippen LogP contribution >= 0.6 is 0 Å². The first-order chi connectivity index (χ1) is 11.7. The van der Waals surface area contributed by atoms with Crippen LogP contribution in [0.3, 0.4) is 0 Å². The summed E-state index contributed by atoms with van der Waals surface area (Å²) >= 11 is 0. The number of nitrogens with two attached hydrogens (primary N) is 1. The van der Waals surface area contributed by atoms with Crippen molar-refractivity contribution in [2.24, 2.45) is 5.73 Å². The summed E-state index contributed by atoms with van der Waals surface area (Å²) in [5.74, 6) is -0.452. The molecule has 0 aliphatic carbocycles. The number of carbonyl (C=O) groups is 1. The zero-order valence-electron chi connectivity index (χ0n) is 12.6. The number of hydrogen-bond donors (Lipinski definition) is 2. The van der Waals surface area contributed by atoms with Crippen molar-refractivity contribution in [2.75, 3.05) is 18.0 Å². The van der Waals surface area contributed by atoms with Crippen LogP contribution in [0.4, 0.5) is 14.9 Å². The Hall–Kier alpha value is -3.00. The van der Waals surface area contributed by atoms with E-state index in [1.54, 1.807) is 30.3 Å². The van der Waals surface area contributed by atoms with Crippen LogP contribution in [0.25, 0.3) is 22.2 Å². The molecule has 3 N–H and O–H groups in total. The summed E-state index contributed by atoms with van der Waals surface area (Å²) in [6.07, 6.45) is -0.889. The lowest BCUT2D eigenvalue weighted by Gasteiger charge is -2.14. The fourth-order valence-corrected chi connectivity index (χ4v) is 2.83. The Labute approximate surface area is 136 Å². The number of nitrogens with zero attached hydrogens (tertiary/aromatic N) is 3. The van der Waals surface area contributed by atoms with Crippen molar-refractivity contribution in [1.82, 2.24) is 15.4 Å². The minimum absolute atomic E-state index is 0.233. The molecule has 1 saturated heterocycles. The van der Waals surface area contributed by atoms with Gasteiger partial charge in [0.15, 0.2) is 0 Å². The zero-order valence-corrected chi connectivity index (χ0v) is 12.6. The molecule has 0 saturated carbocycles. The molecular weight excluding hydrogens is 313 g/mol. The monoisotopic (exact) mass is 327 g/mol. The van der Waals surface area contributed by atoms with Crippen molar-refractivity contribution in [1.29, 1.82) is 0 Å². The first kappa shape index (κ1) is 14.6. The normalized spacial score (nSPS) is 17.5. The van der Waals surface area contributed by atoms with E-state index in [4.69, 9.17) is 10.5 Å². The molecule has 7 nitrogen and oxygen atoms in total. The molecule has 2 heterocycles. The molecule has 3 aromatic rings. The molecule has 1 aliphatic rings. The van der Waals surface area contributed by atoms with Crippen LogP contribution in [-0.2, 0) is 4.74 Å². The Morgan fingerprint density at radius 2 is 2.17 bits per heavy atom. The van der Waals surface area contributed by atoms with Gasteiger partial charge in [0, 0.05) is 17.7 Å². The molecule has 2 aromatic carbocycles. The minimum Gasteiger partial charge on any atom is -0.443 e. The largest absolute Gasteiger partial charge is 0.443 e. The van der Waals surface area contributed by atoms with E-state index in [0.717, 1.165) is 0 Å². The van der Waals surface area contributed by atoms with Gasteiger partial charge in [-0.05, 0) is 24.3 Å². The Morgan fingerprint density at radius 3 is 2.92 bits per heavy atom. The molecule has 0 unspecified atom stereocenters. The summed E-state index contributed by atoms with van der Waals surface area (Å²) in [4.78, 5) is 13.2. The van der Waals surface area contributed by atoms with Crippen LogP contribution in [-0.4, -0.2) is 40.7 Å². The van der Waals surface area contributed by atoms with E-state index < -0.39 is 11.9 Å². The maximum Gasteiger partial charge on any atom is 0.414 e. The van der Waals surface area contributed by atoms with Gasteiger partial charge < -0.3 is 10.5 Å². The fraction of sp³-hybridized carbons (Fsp3) is 0.188. The molecule has 0 radical (unpaired) electrons. The smallest absolute Gasteiger partial charge is 0.414 e. The van der Waals surface area contributed by atoms with Crippen LogP contribution in [0.5, 0.6) is 0 Å². The Bertz CT molecular complexity index is 926. The number of halogens is 1. The SMILES string of the molecule is NC[C@H]1CN(c2ccc(-c3cccc4n[nH]nc34)c(F)c2)C(=O)O1. The van der Waals surface area contributed by atoms with E-state index in [-0.39, 0.29) is 12.6 Å². The average Bonchev–Trinajstić information content (AvgIpc) is 3.20. The number of para-hydroxylation sites is 1. The molecule has 1 aliphatic heterocycles. The summed E-state index contributed by atoms with van der Waals surface area (Å²) in [5.41, 5.74) is 8.22. The van der Waals surface area contributed by atoms with Gasteiger partial charge in [0.1, 0.15) is 23.0 Å². The quantitative estimate of drug-likeness (QED) is 0.767. The van der Waals surface area contributed by atoms with Crippen molar-refractivity contribution in [3.05, 3.63) is 42.2 Å². The van der Waals surface area contributed by atoms with Crippen molar-refractivity contribution in [3.8, 4) is 11.1 Å². The maximum atomic E-state index is 14.7. The van der Waals surface area contributed by atoms with Gasteiger partial charge in [0.2, 0.25) is 0 Å². The van der Waals surface area contributed by atoms with Crippen LogP contribution in [0.2, 0.25) is 0 Å². The van der Waals surface area contributed by atoms with Gasteiger partial charge in [-0.1, -0.05) is 12.1 Å². The van der Waals surface area contributed by atoms with Crippen molar-refractivity contribution >= 4 is 22.8 Å². The van der Waals surface area contributed by atoms with Crippen LogP contribution in [0.15, 0.2) is 36.4 Å². The number of fused-ring (bicyclic) bond motifs is 1. The van der Waals surface area contributed by atoms with E-state index in [1.165, 1.54) is 11.0 Å². The number of anilines is 1. The summed E-state index contributed by atoms with van der Waals surface area (Å²) in [6.45, 7) is 0.546. The van der Waals surface area contributed by atoms with Gasteiger partial charge >= 0.3 is 6.09 Å². The standard InChI is InChI=1S/C16H14FN5O2/c17-13-6-9(22-8-10(7-18)24-16(22)23)4-5-11(13)12-2-1-3-14-15(12)20-21-19-14/h1-6,10H,7-8,18H2,(H,19,20,21)/t10-/m0/s1. The van der Waals surface area contributed by atoms with Crippen LogP contribution in [0.1, 0.15) is 0 Å². The number of carbonyl (C=O) groups excluding carboxylic acids is 1. The molecule has 8 heteroatoms. The van der Waals surface area contributed by atoms with E-state index in [0.29, 0.717) is 34.4 Å². The molecule has 4 rings (SSSR count). The van der Waals surface area contributed by atoms with Gasteiger partial charge in [0.25, 0.3) is 0 Å². The molecule has 1 fully saturated rings. The Kier molecular flexibility index (Phi) is 3.39. The summed E-state index contributed by atoms with van der Waals surface area (Å²) in [6, 6.07) is 9.97. The van der Waals surface area contributed by atoms with Gasteiger partial charge in [-0.2, -0.15) is 15.4 Å². The number of aromatic nitrogens is 3. The number of benzene rings is 2. The lowest BCUT2D eigenvalue weighted by atomic mass is 10.0. The van der Waals surface area contributed by atoms with E-state index in [1.807, 2.05) is 0 Å². The molecular formula is C16H14FN5O2. The first-order valence-corrected chi connectivity index (χ1v) is 7.45. The third-order valence-electron chi connectivity index (χ3n) is 4.04. The third-order valence-corrected chi connectivity index (χ3v) is 4.04. The molecule has 0 bridgehead atoms. The Morgan fingerprint density at radius 1 is 1.29 bits per heavy atom. The van der Waals surface area contributed by atoms with Gasteiger partial charge in [-0.25, -0.2) is 9.18 Å². The number of nitrogens with one attached hydrogen (secondary N) is 1. The van der Waals surface area contributed by atoms with E-state index >= 15 is 0 Å². The average molecular weight is 327 g/mol. The molecule has 1 atom stereocenters. The fourth-order valence-electron chi connectivity index (χ4n) is 2.83. The highest BCUT2D eigenvalue weighted by atomic mass is 19.1. The summed E-state index contributed by atoms with van der Waals surface area (Å²) in [5, 5.41) is 10.6. The maximum absolute atomic E-state index is 14.7. The second-order valence-corrected chi connectivity index (χ2v) is 5.51. The highest BCUT2D eigenvalue weighted by Crippen LogP contribution is 2.31. The highest BCUT2D eigenvalue weighted by Gasteiger charge is 2.31. The number of ether oxygens (including phenoxy) is 1. The molecule has 1 amide bonds. The van der Waals surface area contributed by atoms with Crippen LogP contribution < -0.4 is 10.6 Å². The predicted molar refractivity (Wildman–Crippen MR) is 86.0 cm³/mol. The molecule has 24 heavy (non-hydrogen) atoms. The molecule has 122 valence electrons. The van der Waals surface area contributed by atoms with Crippen molar-refractivity contribution in [2.45, 2.75) is 6.10 Å². The second kappa shape index (κ2) is 5.57. The van der Waals surface area contributed by atoms with E-state index in [9.17, 15) is 9.18 Å². The second-order valence-electron chi connectivity index (χ2n) is 5.51. The number of rotatable bonds is 3. The first-order valence-electron chi connectivity index (χ1n) is 7.45. The number of amides is 1. The van der Waals surface area contributed by atoms with E-state index in [2.05, 4.69) is 15.4 Å². The highest BCUT2D eigenvalue weighted by molar-refractivity contribution is 5.93. The lowest BCUT2D eigenvalue weighted by molar-refractivity contribution is 0.145. The van der Waals surface area contributed by atoms with Gasteiger partial charge in [-0.15, -0.1) is 0 Å². The number of H-pyrrole nitrogens is 1. The van der Waals surface area contributed by atoms with Gasteiger partial charge in [-0.3, -0.25) is 4.90 Å². The zero-order chi connectivity index (χ0) is 16.7. The summed E-state index contributed by atoms with van der Waals surface area (Å²) < 4.78 is 19.8. The third kappa shape index (κ3) is 2.28. The van der Waals surface area contributed by atoms with Crippen molar-refractivity contribution < 1.29 is 13.9 Å².